The maximum atomic E-state index is 15.0. The lowest BCUT2D eigenvalue weighted by Crippen LogP contribution is -2.51. The fourth-order valence-corrected chi connectivity index (χ4v) is 19.8. The van der Waals surface area contributed by atoms with Crippen LogP contribution in [0.2, 0.25) is 0 Å². The monoisotopic (exact) mass is 906 g/mol. The lowest BCUT2D eigenvalue weighted by Gasteiger charge is -2.58. The minimum absolute atomic E-state index is 0.120. The third-order valence-corrected chi connectivity index (χ3v) is 23.5. The Bertz CT molecular complexity index is 1590. The van der Waals surface area contributed by atoms with Crippen LogP contribution in [0.4, 0.5) is 0 Å². The molecule has 366 valence electrons. The molecule has 8 aliphatic rings. The molecule has 8 rings (SSSR count). The van der Waals surface area contributed by atoms with E-state index in [4.69, 9.17) is 13.6 Å². The number of fused-ring (bicyclic) bond motifs is 10. The zero-order chi connectivity index (χ0) is 45.8. The molecule has 64 heavy (non-hydrogen) atoms. The molecule has 6 heteroatoms. The quantitative estimate of drug-likeness (QED) is 0.101. The average Bonchev–Trinajstić information content (AvgIpc) is 3.77. The van der Waals surface area contributed by atoms with E-state index in [2.05, 4.69) is 86.3 Å². The molecule has 5 nitrogen and oxygen atoms in total. The van der Waals surface area contributed by atoms with Gasteiger partial charge in [0.1, 0.15) is 0 Å². The highest BCUT2D eigenvalue weighted by molar-refractivity contribution is 7.48. The van der Waals surface area contributed by atoms with Gasteiger partial charge in [0.05, 0.1) is 18.8 Å². The summed E-state index contributed by atoms with van der Waals surface area (Å²) in [5, 5.41) is 0. The standard InChI is InChI=1S/C58H100NO4P/c1-39(2)15-13-17-41(5)49-23-25-51-47-21-19-43-37-45(27-31-55(43,7)53(47)29-33-57(49,51)9)62-64(60,61-36-35-59(11)12)63-46-28-32-56(8)44(38-46)20-22-48-52-26-24-50(42(6)18-14-16-40(3)4)58(52,10)34-30-54(48)56/h19-20,39-42,45-54H,13-18,21-38H2,1-12H3/t41-,42-,45+,46+,47+,48+,49-,50-,51+,52+,53+,54+,55+,56+,57-,58-/m1/s1. The summed E-state index contributed by atoms with van der Waals surface area (Å²) in [5.41, 5.74) is 4.62. The summed E-state index contributed by atoms with van der Waals surface area (Å²) in [5.74, 6) is 9.97. The van der Waals surface area contributed by atoms with Crippen LogP contribution in [-0.2, 0) is 18.1 Å². The number of phosphoric acid groups is 1. The number of hydrogen-bond acceptors (Lipinski definition) is 5. The second kappa shape index (κ2) is 19.7. The summed E-state index contributed by atoms with van der Waals surface area (Å²) < 4.78 is 34.9. The van der Waals surface area contributed by atoms with Crippen molar-refractivity contribution in [2.45, 2.75) is 223 Å². The van der Waals surface area contributed by atoms with E-state index in [9.17, 15) is 0 Å². The fourth-order valence-electron chi connectivity index (χ4n) is 18.3. The van der Waals surface area contributed by atoms with Crippen molar-refractivity contribution < 1.29 is 18.1 Å². The Kier molecular flexibility index (Phi) is 15.4. The number of nitrogens with zero attached hydrogens (tertiary/aromatic N) is 1. The highest BCUT2D eigenvalue weighted by Gasteiger charge is 2.61. The molecule has 8 aliphatic carbocycles. The first-order chi connectivity index (χ1) is 30.3. The highest BCUT2D eigenvalue weighted by atomic mass is 31.2. The first kappa shape index (κ1) is 50.0. The summed E-state index contributed by atoms with van der Waals surface area (Å²) in [4.78, 5) is 2.10. The van der Waals surface area contributed by atoms with E-state index in [0.717, 1.165) is 110 Å². The molecule has 0 spiro atoms. The zero-order valence-corrected chi connectivity index (χ0v) is 44.6. The zero-order valence-electron chi connectivity index (χ0n) is 43.7. The summed E-state index contributed by atoms with van der Waals surface area (Å²) in [6, 6.07) is 0. The van der Waals surface area contributed by atoms with Gasteiger partial charge in [0.15, 0.2) is 0 Å². The van der Waals surface area contributed by atoms with Crippen LogP contribution in [0.15, 0.2) is 23.3 Å². The van der Waals surface area contributed by atoms with Crippen LogP contribution in [0, 0.1) is 92.7 Å². The minimum Gasteiger partial charge on any atom is -0.307 e. The van der Waals surface area contributed by atoms with E-state index in [-0.39, 0.29) is 23.0 Å². The molecule has 0 aromatic carbocycles. The van der Waals surface area contributed by atoms with Crippen LogP contribution in [0.25, 0.3) is 0 Å². The van der Waals surface area contributed by atoms with Crippen molar-refractivity contribution in [3.05, 3.63) is 23.3 Å². The molecular formula is C58H100NO4P. The van der Waals surface area contributed by atoms with Crippen molar-refractivity contribution in [3.63, 3.8) is 0 Å². The molecule has 0 unspecified atom stereocenters. The molecule has 0 bridgehead atoms. The molecular weight excluding hydrogens is 806 g/mol. The van der Waals surface area contributed by atoms with E-state index in [1.807, 2.05) is 14.1 Å². The Labute approximate surface area is 395 Å². The predicted octanol–water partition coefficient (Wildman–Crippen LogP) is 16.5. The minimum atomic E-state index is -3.80. The number of hydrogen-bond donors (Lipinski definition) is 0. The Hall–Kier alpha value is -0.450. The van der Waals surface area contributed by atoms with Crippen LogP contribution in [-0.4, -0.2) is 44.4 Å². The molecule has 0 aromatic rings. The third kappa shape index (κ3) is 9.70. The number of rotatable bonds is 18. The van der Waals surface area contributed by atoms with Crippen molar-refractivity contribution in [1.82, 2.24) is 4.90 Å². The molecule has 16 atom stereocenters. The Morgan fingerprint density at radius 2 is 1.03 bits per heavy atom. The fraction of sp³-hybridized carbons (Fsp3) is 0.931. The van der Waals surface area contributed by atoms with Crippen LogP contribution >= 0.6 is 7.82 Å². The topological polar surface area (TPSA) is 48.0 Å². The van der Waals surface area contributed by atoms with E-state index in [1.54, 1.807) is 11.1 Å². The van der Waals surface area contributed by atoms with Gasteiger partial charge in [0, 0.05) is 6.54 Å². The molecule has 0 saturated heterocycles. The Balaban J connectivity index is 0.907. The Morgan fingerprint density at radius 1 is 0.594 bits per heavy atom. The third-order valence-electron chi connectivity index (χ3n) is 21.9. The summed E-state index contributed by atoms with van der Waals surface area (Å²) in [7, 11) is 0.301. The first-order valence-corrected chi connectivity index (χ1v) is 29.4. The Morgan fingerprint density at radius 3 is 1.44 bits per heavy atom. The smallest absolute Gasteiger partial charge is 0.307 e. The summed E-state index contributed by atoms with van der Waals surface area (Å²) in [6.45, 7) is 26.4. The molecule has 6 saturated carbocycles. The van der Waals surface area contributed by atoms with Crippen molar-refractivity contribution in [3.8, 4) is 0 Å². The molecule has 0 radical (unpaired) electrons. The van der Waals surface area contributed by atoms with Crippen molar-refractivity contribution in [1.29, 1.82) is 0 Å². The van der Waals surface area contributed by atoms with Gasteiger partial charge < -0.3 is 4.90 Å². The van der Waals surface area contributed by atoms with Crippen molar-refractivity contribution in [2.24, 2.45) is 92.7 Å². The molecule has 0 N–H and O–H groups in total. The van der Waals surface area contributed by atoms with Crippen LogP contribution < -0.4 is 0 Å². The van der Waals surface area contributed by atoms with Gasteiger partial charge in [-0.25, -0.2) is 4.57 Å². The van der Waals surface area contributed by atoms with Crippen LogP contribution in [0.5, 0.6) is 0 Å². The van der Waals surface area contributed by atoms with Gasteiger partial charge >= 0.3 is 7.82 Å². The van der Waals surface area contributed by atoms with E-state index >= 15 is 4.57 Å². The first-order valence-electron chi connectivity index (χ1n) is 27.9. The number of likely N-dealkylation sites (N-methyl/N-ethyl adjacent to an activating group) is 1. The molecule has 0 aromatic heterocycles. The molecule has 0 heterocycles. The summed E-state index contributed by atoms with van der Waals surface area (Å²) >= 11 is 0. The largest absolute Gasteiger partial charge is 0.475 e. The van der Waals surface area contributed by atoms with E-state index < -0.39 is 7.82 Å². The van der Waals surface area contributed by atoms with Gasteiger partial charge in [-0.2, -0.15) is 0 Å². The average molecular weight is 906 g/mol. The number of phosphoric ester groups is 1. The summed E-state index contributed by atoms with van der Waals surface area (Å²) in [6.07, 6.45) is 33.0. The normalized spacial score (nSPS) is 43.6. The SMILES string of the molecule is CC(C)CCC[C@@H](C)[C@H]1CC[C@H]2[C@@H]3CC=C4C[C@@H](OP(=O)(OCCN(C)C)O[C@H]5CC[C@@]6(C)C(=CC[C@H]7[C@@H]8CC[C@H]([C@H](C)CCCC(C)C)[C@@]8(C)CC[C@@H]76)C5)CC[C@]4(C)[C@H]3CC[C@]12C. The predicted molar refractivity (Wildman–Crippen MR) is 268 cm³/mol. The van der Waals surface area contributed by atoms with Gasteiger partial charge in [-0.1, -0.05) is 131 Å². The van der Waals surface area contributed by atoms with Crippen molar-refractivity contribution >= 4 is 7.82 Å². The van der Waals surface area contributed by atoms with Gasteiger partial charge in [-0.3, -0.25) is 13.6 Å². The molecule has 6 fully saturated rings. The van der Waals surface area contributed by atoms with Crippen LogP contribution in [0.1, 0.15) is 210 Å². The van der Waals surface area contributed by atoms with E-state index in [1.165, 1.54) is 103 Å². The maximum Gasteiger partial charge on any atom is 0.475 e. The lowest BCUT2D eigenvalue weighted by atomic mass is 9.47. The molecule has 0 aliphatic heterocycles. The second-order valence-corrected chi connectivity index (χ2v) is 28.2. The second-order valence-electron chi connectivity index (χ2n) is 26.6. The highest BCUT2D eigenvalue weighted by Crippen LogP contribution is 2.70. The maximum absolute atomic E-state index is 15.0. The number of allylic oxidation sites excluding steroid dienone is 2. The van der Waals surface area contributed by atoms with Gasteiger partial charge in [-0.05, 0) is 210 Å². The van der Waals surface area contributed by atoms with Crippen molar-refractivity contribution in [2.75, 3.05) is 27.2 Å². The van der Waals surface area contributed by atoms with E-state index in [0.29, 0.717) is 24.0 Å². The lowest BCUT2D eigenvalue weighted by molar-refractivity contribution is -0.0627. The van der Waals surface area contributed by atoms with Gasteiger partial charge in [0.2, 0.25) is 0 Å². The van der Waals surface area contributed by atoms with Gasteiger partial charge in [-0.15, -0.1) is 0 Å². The van der Waals surface area contributed by atoms with Gasteiger partial charge in [0.25, 0.3) is 0 Å². The molecule has 0 amide bonds. The van der Waals surface area contributed by atoms with Crippen LogP contribution in [0.3, 0.4) is 0 Å².